The zero-order valence-corrected chi connectivity index (χ0v) is 26.4. The number of fused-ring (bicyclic) bond motifs is 2. The van der Waals surface area contributed by atoms with E-state index in [1.807, 2.05) is 30.3 Å². The monoisotopic (exact) mass is 643 g/mol. The number of carbonyl (C=O) groups excluding carboxylic acids is 5. The maximum Gasteiger partial charge on any atom is 0.408 e. The molecule has 1 saturated heterocycles. The Bertz CT molecular complexity index is 1720. The molecule has 0 aromatic heterocycles. The lowest BCUT2D eigenvalue weighted by atomic mass is 9.82. The van der Waals surface area contributed by atoms with Crippen molar-refractivity contribution in [2.24, 2.45) is 0 Å². The number of carbonyl (C=O) groups is 5. The molecule has 1 fully saturated rings. The number of hydrogen-bond donors (Lipinski definition) is 4. The van der Waals surface area contributed by atoms with Gasteiger partial charge in [0.25, 0.3) is 0 Å². The van der Waals surface area contributed by atoms with Crippen LogP contribution in [0.1, 0.15) is 71.0 Å². The molecule has 0 unspecified atom stereocenters. The van der Waals surface area contributed by atoms with Crippen LogP contribution in [0.25, 0.3) is 0 Å². The Morgan fingerprint density at radius 2 is 1.64 bits per heavy atom. The molecule has 2 atom stereocenters. The van der Waals surface area contributed by atoms with Crippen molar-refractivity contribution >= 4 is 35.2 Å². The first-order valence-electron chi connectivity index (χ1n) is 15.3. The number of benzene rings is 3. The number of hydrogen-bond acceptors (Lipinski definition) is 10. The minimum atomic E-state index is -0.847. The second kappa shape index (κ2) is 13.5. The molecule has 12 heteroatoms. The quantitative estimate of drug-likeness (QED) is 0.155. The summed E-state index contributed by atoms with van der Waals surface area (Å²) in [6, 6.07) is 14.8. The second-order valence-corrected chi connectivity index (χ2v) is 12.5. The number of amides is 2. The summed E-state index contributed by atoms with van der Waals surface area (Å²) in [5.74, 6) is -3.04. The van der Waals surface area contributed by atoms with E-state index in [0.29, 0.717) is 25.8 Å². The molecule has 3 aromatic rings. The number of nitrogens with one attached hydrogen (secondary N) is 2. The fourth-order valence-electron chi connectivity index (χ4n) is 5.83. The number of phenols is 2. The zero-order valence-electron chi connectivity index (χ0n) is 26.4. The fraction of sp³-hybridized carbons (Fsp3) is 0.343. The van der Waals surface area contributed by atoms with Crippen LogP contribution >= 0.6 is 0 Å². The molecule has 0 saturated carbocycles. The van der Waals surface area contributed by atoms with Crippen LogP contribution in [0, 0.1) is 0 Å². The summed E-state index contributed by atoms with van der Waals surface area (Å²) in [7, 11) is 0. The largest absolute Gasteiger partial charge is 0.507 e. The van der Waals surface area contributed by atoms with E-state index in [-0.39, 0.29) is 52.6 Å². The SMILES string of the molecule is CC(C)(C)OC(=O)NCC(=O)N1CCC[C@H]1C(=O)OC[C@H](Cc1ccccc1)Nc1ccc(O)c2c1C(=O)c1c(O)cccc1C2=O. The van der Waals surface area contributed by atoms with Crippen LogP contribution in [-0.4, -0.2) is 82.0 Å². The first kappa shape index (κ1) is 33.0. The van der Waals surface area contributed by atoms with Crippen LogP contribution in [-0.2, 0) is 25.5 Å². The number of aromatic hydroxyl groups is 2. The van der Waals surface area contributed by atoms with Crippen molar-refractivity contribution in [1.82, 2.24) is 10.2 Å². The molecule has 0 spiro atoms. The van der Waals surface area contributed by atoms with Crippen molar-refractivity contribution in [2.75, 3.05) is 25.0 Å². The topological polar surface area (TPSA) is 172 Å². The van der Waals surface area contributed by atoms with Crippen molar-refractivity contribution in [1.29, 1.82) is 0 Å². The van der Waals surface area contributed by atoms with Crippen molar-refractivity contribution < 1.29 is 43.7 Å². The Kier molecular flexibility index (Phi) is 9.50. The molecule has 47 heavy (non-hydrogen) atoms. The molecular weight excluding hydrogens is 606 g/mol. The van der Waals surface area contributed by atoms with Gasteiger partial charge in [-0.25, -0.2) is 9.59 Å². The molecule has 5 rings (SSSR count). The highest BCUT2D eigenvalue weighted by Gasteiger charge is 2.38. The van der Waals surface area contributed by atoms with Crippen molar-refractivity contribution in [3.05, 3.63) is 88.5 Å². The third-order valence-corrected chi connectivity index (χ3v) is 7.89. The summed E-state index contributed by atoms with van der Waals surface area (Å²) in [6.45, 7) is 4.94. The Morgan fingerprint density at radius 3 is 2.36 bits per heavy atom. The number of ketones is 2. The molecule has 246 valence electrons. The van der Waals surface area contributed by atoms with E-state index in [1.165, 1.54) is 35.2 Å². The average Bonchev–Trinajstić information content (AvgIpc) is 3.52. The average molecular weight is 644 g/mol. The van der Waals surface area contributed by atoms with Crippen molar-refractivity contribution in [3.8, 4) is 11.5 Å². The van der Waals surface area contributed by atoms with Gasteiger partial charge >= 0.3 is 12.1 Å². The van der Waals surface area contributed by atoms with E-state index in [9.17, 15) is 34.2 Å². The Hall–Kier alpha value is -5.39. The number of nitrogens with zero attached hydrogens (tertiary/aromatic N) is 1. The molecule has 0 radical (unpaired) electrons. The molecule has 1 heterocycles. The van der Waals surface area contributed by atoms with Gasteiger partial charge in [-0.3, -0.25) is 14.4 Å². The predicted octanol–water partition coefficient (Wildman–Crippen LogP) is 3.96. The first-order valence-corrected chi connectivity index (χ1v) is 15.3. The van der Waals surface area contributed by atoms with Gasteiger partial charge in [0.15, 0.2) is 11.6 Å². The summed E-state index contributed by atoms with van der Waals surface area (Å²) in [5.41, 5.74) is -0.0742. The van der Waals surface area contributed by atoms with Crippen LogP contribution in [0.5, 0.6) is 11.5 Å². The molecule has 2 amide bonds. The number of rotatable bonds is 9. The van der Waals surface area contributed by atoms with E-state index < -0.39 is 47.2 Å². The summed E-state index contributed by atoms with van der Waals surface area (Å²) in [6.07, 6.45) is 0.571. The van der Waals surface area contributed by atoms with Crippen LogP contribution in [0.4, 0.5) is 10.5 Å². The number of likely N-dealkylation sites (tertiary alicyclic amines) is 1. The van der Waals surface area contributed by atoms with Gasteiger partial charge in [0.1, 0.15) is 36.3 Å². The molecule has 0 bridgehead atoms. The predicted molar refractivity (Wildman–Crippen MR) is 171 cm³/mol. The van der Waals surface area contributed by atoms with E-state index in [4.69, 9.17) is 9.47 Å². The minimum absolute atomic E-state index is 0.0123. The van der Waals surface area contributed by atoms with Crippen molar-refractivity contribution in [2.45, 2.75) is 57.7 Å². The summed E-state index contributed by atoms with van der Waals surface area (Å²) in [4.78, 5) is 66.7. The molecular formula is C35H37N3O9. The molecule has 1 aliphatic heterocycles. The summed E-state index contributed by atoms with van der Waals surface area (Å²) in [5, 5.41) is 26.7. The highest BCUT2D eigenvalue weighted by molar-refractivity contribution is 6.31. The van der Waals surface area contributed by atoms with Gasteiger partial charge in [-0.2, -0.15) is 0 Å². The van der Waals surface area contributed by atoms with E-state index in [1.54, 1.807) is 20.8 Å². The minimum Gasteiger partial charge on any atom is -0.507 e. The van der Waals surface area contributed by atoms with Gasteiger partial charge in [0.2, 0.25) is 5.91 Å². The fourth-order valence-corrected chi connectivity index (χ4v) is 5.83. The zero-order chi connectivity index (χ0) is 33.9. The summed E-state index contributed by atoms with van der Waals surface area (Å²) >= 11 is 0. The molecule has 2 aliphatic rings. The lowest BCUT2D eigenvalue weighted by Gasteiger charge is -2.27. The lowest BCUT2D eigenvalue weighted by Crippen LogP contribution is -2.47. The smallest absolute Gasteiger partial charge is 0.408 e. The van der Waals surface area contributed by atoms with Crippen LogP contribution in [0.15, 0.2) is 60.7 Å². The van der Waals surface area contributed by atoms with Crippen LogP contribution in [0.3, 0.4) is 0 Å². The third-order valence-electron chi connectivity index (χ3n) is 7.89. The highest BCUT2D eigenvalue weighted by Crippen LogP contribution is 2.40. The van der Waals surface area contributed by atoms with Crippen LogP contribution < -0.4 is 10.6 Å². The standard InChI is InChI=1S/C35H37N3O9/c1-35(2,3)47-34(45)36-18-27(41)38-16-8-12-24(38)33(44)46-19-21(17-20-9-5-4-6-10-20)37-23-14-15-26(40)30-29(23)32(43)28-22(31(30)42)11-7-13-25(28)39/h4-7,9-11,13-15,21,24,37,39-40H,8,12,16-19H2,1-3H3,(H,36,45)/t21-,24-/m0/s1. The number of phenolic OH excluding ortho intramolecular Hbond substituents is 2. The first-order chi connectivity index (χ1) is 22.3. The normalized spacial score (nSPS) is 16.1. The van der Waals surface area contributed by atoms with E-state index in [2.05, 4.69) is 10.6 Å². The van der Waals surface area contributed by atoms with Gasteiger partial charge < -0.3 is 35.2 Å². The number of alkyl carbamates (subject to hydrolysis) is 1. The Balaban J connectivity index is 1.33. The third kappa shape index (κ3) is 7.37. The number of anilines is 1. The van der Waals surface area contributed by atoms with E-state index >= 15 is 0 Å². The summed E-state index contributed by atoms with van der Waals surface area (Å²) < 4.78 is 10.9. The van der Waals surface area contributed by atoms with E-state index in [0.717, 1.165) is 5.56 Å². The molecule has 12 nitrogen and oxygen atoms in total. The number of ether oxygens (including phenoxy) is 2. The van der Waals surface area contributed by atoms with Gasteiger partial charge in [0.05, 0.1) is 22.7 Å². The van der Waals surface area contributed by atoms with Crippen molar-refractivity contribution in [3.63, 3.8) is 0 Å². The highest BCUT2D eigenvalue weighted by atomic mass is 16.6. The molecule has 3 aromatic carbocycles. The van der Waals surface area contributed by atoms with Gasteiger partial charge in [-0.1, -0.05) is 42.5 Å². The number of esters is 1. The maximum absolute atomic E-state index is 13.7. The maximum atomic E-state index is 13.7. The molecule has 4 N–H and O–H groups in total. The van der Waals surface area contributed by atoms with Gasteiger partial charge in [-0.15, -0.1) is 0 Å². The molecule has 1 aliphatic carbocycles. The van der Waals surface area contributed by atoms with Gasteiger partial charge in [0, 0.05) is 17.8 Å². The Labute approximate surface area is 271 Å². The Morgan fingerprint density at radius 1 is 0.915 bits per heavy atom. The second-order valence-electron chi connectivity index (χ2n) is 12.5. The van der Waals surface area contributed by atoms with Crippen LogP contribution in [0.2, 0.25) is 0 Å². The lowest BCUT2D eigenvalue weighted by molar-refractivity contribution is -0.153. The van der Waals surface area contributed by atoms with Gasteiger partial charge in [-0.05, 0) is 63.8 Å².